The van der Waals surface area contributed by atoms with Gasteiger partial charge in [0.05, 0.1) is 22.5 Å². The number of halogens is 1. The number of H-pyrrole nitrogens is 1. The van der Waals surface area contributed by atoms with Crippen molar-refractivity contribution in [3.05, 3.63) is 109 Å². The van der Waals surface area contributed by atoms with E-state index < -0.39 is 0 Å². The van der Waals surface area contributed by atoms with Gasteiger partial charge < -0.3 is 9.72 Å². The summed E-state index contributed by atoms with van der Waals surface area (Å²) in [5, 5.41) is 1.08. The fourth-order valence-electron chi connectivity index (χ4n) is 7.97. The van der Waals surface area contributed by atoms with E-state index in [0.717, 1.165) is 37.7 Å². The standard InChI is InChI=1S/C33H27BrN2O4S2/c1-16-3-2-4-17(13-16)15-40-21-11-5-18(6-12-21)24-25-22-14-23(28(25)41-30-29(24)42-33(39)35-30)27-26(22)31(37)36(32(27)38)20-9-7-19(34)8-10-20/h2-13,22-28H,14-15H2,1H3,(H,35,39)/t22-,23-,24+,25+,26+,27+,28-/m1/s1. The molecule has 4 aromatic rings. The second kappa shape index (κ2) is 9.96. The van der Waals surface area contributed by atoms with E-state index in [1.54, 1.807) is 11.8 Å². The quantitative estimate of drug-likeness (QED) is 0.240. The molecular weight excluding hydrogens is 632 g/mol. The highest BCUT2D eigenvalue weighted by molar-refractivity contribution is 9.10. The molecule has 2 saturated carbocycles. The van der Waals surface area contributed by atoms with E-state index in [1.165, 1.54) is 21.8 Å². The molecule has 0 unspecified atom stereocenters. The molecule has 2 aliphatic heterocycles. The number of aromatic amines is 1. The number of ether oxygens (including phenoxy) is 1. The van der Waals surface area contributed by atoms with Gasteiger partial charge in [-0.15, -0.1) is 11.8 Å². The second-order valence-electron chi connectivity index (χ2n) is 11.8. The molecule has 3 aromatic carbocycles. The third-order valence-corrected chi connectivity index (χ3v) is 12.7. The monoisotopic (exact) mass is 658 g/mol. The number of aromatic nitrogens is 1. The molecule has 0 spiro atoms. The van der Waals surface area contributed by atoms with Crippen LogP contribution in [0.25, 0.3) is 0 Å². The first kappa shape index (κ1) is 26.5. The van der Waals surface area contributed by atoms with Crippen molar-refractivity contribution in [1.82, 2.24) is 4.98 Å². The lowest BCUT2D eigenvalue weighted by Gasteiger charge is -2.43. The summed E-state index contributed by atoms with van der Waals surface area (Å²) in [6, 6.07) is 23.9. The van der Waals surface area contributed by atoms with Crippen molar-refractivity contribution in [2.24, 2.45) is 29.6 Å². The van der Waals surface area contributed by atoms with Crippen molar-refractivity contribution < 1.29 is 14.3 Å². The van der Waals surface area contributed by atoms with Crippen molar-refractivity contribution in [2.45, 2.75) is 36.1 Å². The lowest BCUT2D eigenvalue weighted by Crippen LogP contribution is -2.42. The van der Waals surface area contributed by atoms with Gasteiger partial charge in [0.15, 0.2) is 0 Å². The van der Waals surface area contributed by atoms with Crippen LogP contribution in [0.5, 0.6) is 5.75 Å². The number of thiazole rings is 1. The Morgan fingerprint density at radius 3 is 2.43 bits per heavy atom. The van der Waals surface area contributed by atoms with Gasteiger partial charge >= 0.3 is 4.87 Å². The van der Waals surface area contributed by atoms with Crippen LogP contribution >= 0.6 is 39.0 Å². The van der Waals surface area contributed by atoms with Gasteiger partial charge in [0.25, 0.3) is 0 Å². The fourth-order valence-corrected chi connectivity index (χ4v) is 11.1. The van der Waals surface area contributed by atoms with Crippen molar-refractivity contribution in [1.29, 1.82) is 0 Å². The van der Waals surface area contributed by atoms with Crippen LogP contribution in [0.1, 0.15) is 33.9 Å². The molecule has 1 N–H and O–H groups in total. The smallest absolute Gasteiger partial charge is 0.305 e. The van der Waals surface area contributed by atoms with Crippen LogP contribution in [-0.2, 0) is 16.2 Å². The van der Waals surface area contributed by atoms with Gasteiger partial charge in [0, 0.05) is 20.5 Å². The van der Waals surface area contributed by atoms with Crippen LogP contribution < -0.4 is 14.5 Å². The van der Waals surface area contributed by atoms with E-state index >= 15 is 0 Å². The molecule has 2 aliphatic carbocycles. The van der Waals surface area contributed by atoms with Gasteiger partial charge in [-0.05, 0) is 78.6 Å². The number of benzene rings is 3. The summed E-state index contributed by atoms with van der Waals surface area (Å²) in [5.41, 5.74) is 4.08. The van der Waals surface area contributed by atoms with E-state index in [9.17, 15) is 14.4 Å². The number of anilines is 1. The molecule has 7 atom stereocenters. The molecule has 0 radical (unpaired) electrons. The molecule has 3 fully saturated rings. The average molecular weight is 660 g/mol. The molecule has 8 rings (SSSR count). The number of fused-ring (bicyclic) bond motifs is 9. The van der Waals surface area contributed by atoms with Crippen LogP contribution in [0, 0.1) is 36.5 Å². The Bertz CT molecular complexity index is 1780. The highest BCUT2D eigenvalue weighted by Gasteiger charge is 2.69. The maximum Gasteiger partial charge on any atom is 0.305 e. The molecule has 6 nitrogen and oxygen atoms in total. The van der Waals surface area contributed by atoms with Crippen LogP contribution in [0.2, 0.25) is 0 Å². The number of nitrogens with zero attached hydrogens (tertiary/aromatic N) is 1. The number of imide groups is 1. The molecule has 2 bridgehead atoms. The highest BCUT2D eigenvalue weighted by Crippen LogP contribution is 2.68. The Hall–Kier alpha value is -3.14. The predicted octanol–water partition coefficient (Wildman–Crippen LogP) is 6.76. The van der Waals surface area contributed by atoms with Crippen LogP contribution in [0.15, 0.2) is 87.1 Å². The highest BCUT2D eigenvalue weighted by atomic mass is 79.9. The lowest BCUT2D eigenvalue weighted by atomic mass is 9.68. The Morgan fingerprint density at radius 1 is 0.952 bits per heavy atom. The summed E-state index contributed by atoms with van der Waals surface area (Å²) in [6.45, 7) is 2.57. The number of nitrogens with one attached hydrogen (secondary N) is 1. The fraction of sp³-hybridized carbons (Fsp3) is 0.303. The molecule has 1 aromatic heterocycles. The summed E-state index contributed by atoms with van der Waals surface area (Å²) >= 11 is 6.44. The number of rotatable bonds is 5. The molecule has 212 valence electrons. The van der Waals surface area contributed by atoms with Crippen LogP contribution in [0.4, 0.5) is 5.69 Å². The predicted molar refractivity (Wildman–Crippen MR) is 167 cm³/mol. The van der Waals surface area contributed by atoms with Crippen LogP contribution in [-0.4, -0.2) is 22.0 Å². The maximum absolute atomic E-state index is 13.9. The summed E-state index contributed by atoms with van der Waals surface area (Å²) in [5.74, 6) is 0.367. The van der Waals surface area contributed by atoms with Crippen molar-refractivity contribution in [3.8, 4) is 5.75 Å². The number of carbonyl (C=O) groups excluding carboxylic acids is 2. The number of amides is 2. The molecule has 2 amide bonds. The first-order valence-corrected chi connectivity index (χ1v) is 16.7. The summed E-state index contributed by atoms with van der Waals surface area (Å²) in [6.07, 6.45) is 0.872. The Morgan fingerprint density at radius 2 is 1.69 bits per heavy atom. The zero-order valence-corrected chi connectivity index (χ0v) is 25.9. The van der Waals surface area contributed by atoms with E-state index in [1.807, 2.05) is 42.5 Å². The van der Waals surface area contributed by atoms with Gasteiger partial charge in [0.2, 0.25) is 11.8 Å². The summed E-state index contributed by atoms with van der Waals surface area (Å²) in [7, 11) is 0. The van der Waals surface area contributed by atoms with Gasteiger partial charge in [-0.2, -0.15) is 0 Å². The second-order valence-corrected chi connectivity index (χ2v) is 14.9. The van der Waals surface area contributed by atoms with Crippen molar-refractivity contribution in [3.63, 3.8) is 0 Å². The minimum Gasteiger partial charge on any atom is -0.489 e. The van der Waals surface area contributed by atoms with Crippen molar-refractivity contribution >= 4 is 56.5 Å². The number of carbonyl (C=O) groups is 2. The van der Waals surface area contributed by atoms with Crippen molar-refractivity contribution in [2.75, 3.05) is 4.90 Å². The zero-order valence-electron chi connectivity index (χ0n) is 22.7. The molecule has 4 aliphatic rings. The molecule has 3 heterocycles. The summed E-state index contributed by atoms with van der Waals surface area (Å²) in [4.78, 5) is 45.8. The Kier molecular flexibility index (Phi) is 6.28. The largest absolute Gasteiger partial charge is 0.489 e. The first-order valence-electron chi connectivity index (χ1n) is 14.2. The van der Waals surface area contributed by atoms with Gasteiger partial charge in [-0.1, -0.05) is 69.2 Å². The molecule has 9 heteroatoms. The summed E-state index contributed by atoms with van der Waals surface area (Å²) < 4.78 is 7.00. The first-order chi connectivity index (χ1) is 20.4. The molecule has 42 heavy (non-hydrogen) atoms. The number of aryl methyl sites for hydroxylation is 1. The van der Waals surface area contributed by atoms with E-state index in [-0.39, 0.29) is 57.4 Å². The molecular formula is C33H27BrN2O4S2. The topological polar surface area (TPSA) is 79.5 Å². The Labute approximate surface area is 259 Å². The van der Waals surface area contributed by atoms with Gasteiger partial charge in [0.1, 0.15) is 12.4 Å². The number of thioether (sulfide) groups is 1. The van der Waals surface area contributed by atoms with Gasteiger partial charge in [-0.25, -0.2) is 0 Å². The maximum atomic E-state index is 13.9. The minimum atomic E-state index is -0.315. The average Bonchev–Trinajstić information content (AvgIpc) is 3.72. The number of hydrogen-bond acceptors (Lipinski definition) is 6. The van der Waals surface area contributed by atoms with E-state index in [0.29, 0.717) is 12.3 Å². The van der Waals surface area contributed by atoms with Gasteiger partial charge in [-0.3, -0.25) is 19.3 Å². The number of hydrogen-bond donors (Lipinski definition) is 1. The SMILES string of the molecule is Cc1cccc(COc2ccc([C@@H]3c4sc(=O)[nH]c4S[C@@H]4[C@@H]5C[C@@H]([C@@H]6C(=O)N(c7ccc(Br)cc7)C(=O)[C@@H]56)[C@@H]34)cc2)c1. The zero-order chi connectivity index (χ0) is 28.7. The normalized spacial score (nSPS) is 29.0. The van der Waals surface area contributed by atoms with E-state index in [4.69, 9.17) is 4.74 Å². The third-order valence-electron chi connectivity index (χ3n) is 9.54. The van der Waals surface area contributed by atoms with Crippen LogP contribution in [0.3, 0.4) is 0 Å². The molecule has 1 saturated heterocycles. The minimum absolute atomic E-state index is 0.0124. The third kappa shape index (κ3) is 4.07. The Balaban J connectivity index is 1.11. The lowest BCUT2D eigenvalue weighted by molar-refractivity contribution is -0.123. The van der Waals surface area contributed by atoms with E-state index in [2.05, 4.69) is 58.2 Å².